The molecule has 0 aliphatic rings. The molecule has 0 aliphatic carbocycles. The molecule has 0 aliphatic heterocycles. The summed E-state index contributed by atoms with van der Waals surface area (Å²) in [5.41, 5.74) is 13.9. The Morgan fingerprint density at radius 3 is 1.45 bits per heavy atom. The van der Waals surface area contributed by atoms with Gasteiger partial charge in [0.05, 0.1) is 33.1 Å². The van der Waals surface area contributed by atoms with Crippen molar-refractivity contribution in [3.05, 3.63) is 231 Å². The van der Waals surface area contributed by atoms with Crippen molar-refractivity contribution in [1.29, 1.82) is 0 Å². The lowest BCUT2D eigenvalue weighted by atomic mass is 10.1. The van der Waals surface area contributed by atoms with Crippen LogP contribution < -0.4 is 4.90 Å². The van der Waals surface area contributed by atoms with Gasteiger partial charge in [0.1, 0.15) is 0 Å². The first-order chi connectivity index (χ1) is 30.8. The molecule has 0 fully saturated rings. The largest absolute Gasteiger partial charge is 0.310 e. The third kappa shape index (κ3) is 5.14. The number of fused-ring (bicyclic) bond motifs is 11. The Labute approximate surface area is 358 Å². The number of hydrogen-bond donors (Lipinski definition) is 0. The molecule has 3 heterocycles. The Morgan fingerprint density at radius 2 is 0.726 bits per heavy atom. The molecule has 0 atom stereocenters. The predicted molar refractivity (Wildman–Crippen MR) is 262 cm³/mol. The first-order valence-electron chi connectivity index (χ1n) is 21.3. The smallest absolute Gasteiger partial charge is 0.0641 e. The van der Waals surface area contributed by atoms with Crippen LogP contribution in [0.25, 0.3) is 93.3 Å². The minimum Gasteiger partial charge on any atom is -0.310 e. The van der Waals surface area contributed by atoms with Crippen LogP contribution in [0.1, 0.15) is 0 Å². The molecule has 62 heavy (non-hydrogen) atoms. The van der Waals surface area contributed by atoms with Crippen molar-refractivity contribution in [1.82, 2.24) is 13.7 Å². The number of hydrogen-bond acceptors (Lipinski definition) is 1. The van der Waals surface area contributed by atoms with E-state index >= 15 is 0 Å². The minimum atomic E-state index is 1.09. The standard InChI is InChI=1S/C58H38N4/c1-3-17-41(18-4-1)60-52-24-12-10-22-48(52)51-38-46(33-35-55(51)60)59(45-28-27-39-15-7-8-16-40(39)37-45)43-29-31-44(32-30-43)61-54-26-14-11-23-50(54)57-56(61)36-34-49-47-21-9-13-25-53(47)62(58(49)57)42-19-5-2-6-20-42/h1-38H. The van der Waals surface area contributed by atoms with Crippen LogP contribution in [-0.4, -0.2) is 13.7 Å². The molecule has 0 amide bonds. The second-order valence-corrected chi connectivity index (χ2v) is 16.2. The molecule has 0 saturated carbocycles. The Kier molecular flexibility index (Phi) is 7.57. The molecule has 0 radical (unpaired) electrons. The maximum absolute atomic E-state index is 2.45. The first-order valence-corrected chi connectivity index (χ1v) is 21.3. The molecule has 13 rings (SSSR count). The van der Waals surface area contributed by atoms with Gasteiger partial charge in [0.25, 0.3) is 0 Å². The number of benzene rings is 10. The van der Waals surface area contributed by atoms with Gasteiger partial charge >= 0.3 is 0 Å². The summed E-state index contributed by atoms with van der Waals surface area (Å²) < 4.78 is 7.26. The van der Waals surface area contributed by atoms with Gasteiger partial charge in [-0.2, -0.15) is 0 Å². The Morgan fingerprint density at radius 1 is 0.258 bits per heavy atom. The number of anilines is 3. The summed E-state index contributed by atoms with van der Waals surface area (Å²) in [6.45, 7) is 0. The third-order valence-corrected chi connectivity index (χ3v) is 12.8. The van der Waals surface area contributed by atoms with Crippen molar-refractivity contribution in [3.8, 4) is 17.1 Å². The van der Waals surface area contributed by atoms with Crippen molar-refractivity contribution in [3.63, 3.8) is 0 Å². The summed E-state index contributed by atoms with van der Waals surface area (Å²) in [5.74, 6) is 0. The average Bonchev–Trinajstić information content (AvgIpc) is 3.98. The van der Waals surface area contributed by atoms with Crippen LogP contribution in [0.5, 0.6) is 0 Å². The van der Waals surface area contributed by atoms with E-state index in [4.69, 9.17) is 0 Å². The Balaban J connectivity index is 1.01. The molecule has 4 nitrogen and oxygen atoms in total. The van der Waals surface area contributed by atoms with Gasteiger partial charge in [-0.15, -0.1) is 0 Å². The number of rotatable bonds is 6. The Bertz CT molecular complexity index is 3850. The lowest BCUT2D eigenvalue weighted by Crippen LogP contribution is -2.10. The normalized spacial score (nSPS) is 11.9. The summed E-state index contributed by atoms with van der Waals surface area (Å²) in [7, 11) is 0. The van der Waals surface area contributed by atoms with E-state index in [1.165, 1.54) is 76.2 Å². The second-order valence-electron chi connectivity index (χ2n) is 16.2. The van der Waals surface area contributed by atoms with E-state index in [1.807, 2.05) is 0 Å². The quantitative estimate of drug-likeness (QED) is 0.164. The molecule has 0 spiro atoms. The van der Waals surface area contributed by atoms with Gasteiger partial charge in [0, 0.05) is 66.4 Å². The van der Waals surface area contributed by atoms with Gasteiger partial charge in [0.15, 0.2) is 0 Å². The zero-order chi connectivity index (χ0) is 40.7. The minimum absolute atomic E-state index is 1.09. The molecule has 10 aromatic carbocycles. The molecule has 4 heteroatoms. The van der Waals surface area contributed by atoms with Crippen LogP contribution in [-0.2, 0) is 0 Å². The fourth-order valence-corrected chi connectivity index (χ4v) is 10.1. The fourth-order valence-electron chi connectivity index (χ4n) is 10.1. The molecule has 0 unspecified atom stereocenters. The van der Waals surface area contributed by atoms with Crippen LogP contribution in [0.3, 0.4) is 0 Å². The summed E-state index contributed by atoms with van der Waals surface area (Å²) in [6, 6.07) is 83.9. The molecule has 13 aromatic rings. The van der Waals surface area contributed by atoms with Crippen molar-refractivity contribution in [2.24, 2.45) is 0 Å². The zero-order valence-electron chi connectivity index (χ0n) is 33.7. The van der Waals surface area contributed by atoms with E-state index in [2.05, 4.69) is 249 Å². The zero-order valence-corrected chi connectivity index (χ0v) is 33.7. The summed E-state index contributed by atoms with van der Waals surface area (Å²) >= 11 is 0. The van der Waals surface area contributed by atoms with Gasteiger partial charge in [-0.05, 0) is 114 Å². The highest BCUT2D eigenvalue weighted by atomic mass is 15.1. The number of para-hydroxylation sites is 5. The summed E-state index contributed by atoms with van der Waals surface area (Å²) in [5, 5.41) is 9.87. The number of aromatic nitrogens is 3. The van der Waals surface area contributed by atoms with Gasteiger partial charge in [0.2, 0.25) is 0 Å². The SMILES string of the molecule is c1ccc(-n2c3ccccc3c3cc(N(c4ccc(-n5c6ccccc6c6c5ccc5c7ccccc7n(-c7ccccc7)c56)cc4)c4ccc5ccccc5c4)ccc32)cc1. The molecule has 290 valence electrons. The van der Waals surface area contributed by atoms with E-state index in [0.29, 0.717) is 0 Å². The first kappa shape index (κ1) is 34.5. The van der Waals surface area contributed by atoms with E-state index in [-0.39, 0.29) is 0 Å². The summed E-state index contributed by atoms with van der Waals surface area (Å²) in [4.78, 5) is 2.40. The highest BCUT2D eigenvalue weighted by Crippen LogP contribution is 2.44. The second kappa shape index (κ2) is 13.6. The molecule has 0 saturated heterocycles. The van der Waals surface area contributed by atoms with Gasteiger partial charge in [-0.3, -0.25) is 0 Å². The average molecular weight is 791 g/mol. The lowest BCUT2D eigenvalue weighted by Gasteiger charge is -2.26. The molecule has 0 N–H and O–H groups in total. The van der Waals surface area contributed by atoms with E-state index in [0.717, 1.165) is 34.1 Å². The van der Waals surface area contributed by atoms with Crippen LogP contribution in [0.15, 0.2) is 231 Å². The number of nitrogens with zero attached hydrogens (tertiary/aromatic N) is 4. The molecule has 0 bridgehead atoms. The van der Waals surface area contributed by atoms with Crippen molar-refractivity contribution < 1.29 is 0 Å². The van der Waals surface area contributed by atoms with Crippen molar-refractivity contribution in [2.45, 2.75) is 0 Å². The monoisotopic (exact) mass is 790 g/mol. The van der Waals surface area contributed by atoms with Crippen LogP contribution >= 0.6 is 0 Å². The van der Waals surface area contributed by atoms with Gasteiger partial charge in [-0.1, -0.05) is 127 Å². The van der Waals surface area contributed by atoms with Crippen molar-refractivity contribution in [2.75, 3.05) is 4.90 Å². The topological polar surface area (TPSA) is 18.0 Å². The highest BCUT2D eigenvalue weighted by molar-refractivity contribution is 6.26. The van der Waals surface area contributed by atoms with Gasteiger partial charge in [-0.25, -0.2) is 0 Å². The summed E-state index contributed by atoms with van der Waals surface area (Å²) in [6.07, 6.45) is 0. The molecule has 3 aromatic heterocycles. The Hall–Kier alpha value is -8.34. The van der Waals surface area contributed by atoms with E-state index < -0.39 is 0 Å². The predicted octanol–water partition coefficient (Wildman–Crippen LogP) is 15.6. The van der Waals surface area contributed by atoms with Crippen molar-refractivity contribution >= 4 is 93.3 Å². The maximum atomic E-state index is 2.45. The molecular weight excluding hydrogens is 753 g/mol. The van der Waals surface area contributed by atoms with Crippen LogP contribution in [0, 0.1) is 0 Å². The molecular formula is C58H38N4. The van der Waals surface area contributed by atoms with Gasteiger partial charge < -0.3 is 18.6 Å². The maximum Gasteiger partial charge on any atom is 0.0641 e. The highest BCUT2D eigenvalue weighted by Gasteiger charge is 2.22. The van der Waals surface area contributed by atoms with Crippen LogP contribution in [0.2, 0.25) is 0 Å². The third-order valence-electron chi connectivity index (χ3n) is 12.8. The van der Waals surface area contributed by atoms with Crippen LogP contribution in [0.4, 0.5) is 17.1 Å². The lowest BCUT2D eigenvalue weighted by molar-refractivity contribution is 1.17. The van der Waals surface area contributed by atoms with E-state index in [9.17, 15) is 0 Å². The van der Waals surface area contributed by atoms with E-state index in [1.54, 1.807) is 0 Å². The fraction of sp³-hybridized carbons (Fsp3) is 0.